The van der Waals surface area contributed by atoms with Gasteiger partial charge in [0.1, 0.15) is 5.78 Å². The molecule has 16 heteroatoms. The van der Waals surface area contributed by atoms with Crippen molar-refractivity contribution in [3.05, 3.63) is 60.4 Å². The van der Waals surface area contributed by atoms with Crippen molar-refractivity contribution in [2.24, 2.45) is 5.92 Å². The van der Waals surface area contributed by atoms with E-state index in [2.05, 4.69) is 31.5 Å². The number of carbonyl (C=O) groups excluding carboxylic acids is 3. The van der Waals surface area contributed by atoms with E-state index < -0.39 is 41.7 Å². The number of ketones is 1. The predicted molar refractivity (Wildman–Crippen MR) is 244 cm³/mol. The summed E-state index contributed by atoms with van der Waals surface area (Å²) in [4.78, 5) is 71.8. The Morgan fingerprint density at radius 1 is 0.857 bits per heavy atom. The molecule has 1 atom stereocenters. The van der Waals surface area contributed by atoms with E-state index in [1.54, 1.807) is 19.1 Å². The van der Waals surface area contributed by atoms with Crippen molar-refractivity contribution in [1.29, 1.82) is 0 Å². The van der Waals surface area contributed by atoms with E-state index in [9.17, 15) is 34.5 Å². The average Bonchev–Trinajstić information content (AvgIpc) is 3.40. The number of hydrogen-bond acceptors (Lipinski definition) is 15. The van der Waals surface area contributed by atoms with Crippen molar-refractivity contribution in [3.63, 3.8) is 0 Å². The van der Waals surface area contributed by atoms with Gasteiger partial charge in [0.25, 0.3) is 0 Å². The van der Waals surface area contributed by atoms with Gasteiger partial charge in [-0.05, 0) is 91.5 Å². The van der Waals surface area contributed by atoms with Crippen LogP contribution in [0.2, 0.25) is 0 Å². The summed E-state index contributed by atoms with van der Waals surface area (Å²) in [5, 5.41) is 52.0. The van der Waals surface area contributed by atoms with Crippen LogP contribution in [-0.2, 0) is 32.3 Å². The van der Waals surface area contributed by atoms with Crippen LogP contribution in [-0.4, -0.2) is 117 Å². The third-order valence-electron chi connectivity index (χ3n) is 13.1. The van der Waals surface area contributed by atoms with Crippen molar-refractivity contribution in [1.82, 2.24) is 20.9 Å². The van der Waals surface area contributed by atoms with E-state index >= 15 is 4.79 Å². The maximum absolute atomic E-state index is 15.3. The average molecular weight is 865 g/mol. The zero-order chi connectivity index (χ0) is 44.5. The minimum absolute atomic E-state index is 0.0196. The number of nitrogens with one attached hydrogen (secondary N) is 5. The molecule has 334 valence electrons. The molecule has 1 amide bonds. The first-order chi connectivity index (χ1) is 30.5. The van der Waals surface area contributed by atoms with Crippen LogP contribution in [0.1, 0.15) is 67.7 Å². The number of aliphatic hydroxyl groups is 2. The number of piperazine rings is 1. The van der Waals surface area contributed by atoms with Crippen LogP contribution in [0.25, 0.3) is 49.2 Å². The second-order valence-electron chi connectivity index (χ2n) is 17.0. The molecule has 8 rings (SSSR count). The standard InChI is InChI=1S/C47H56N6O10/c1-24-18-29-37-40-35(36-28(23-55)20-31(57)39-41(36)42(37)43(34(24)25(2)56)47(62-3)46(39)61)27(22-54)19-30(50-10-6-33(59)63-17-7-26-4-8-48-9-5-26)38(40)45(60)44(29)52-21-32(58)51-13-16-53-14-11-49-12-15-53/h18-20,26,34,48-50,52,54-55,61H,4-17,21-23H2,1-3H3,(H,51,58). The number of phenols is 1. The molecule has 0 spiro atoms. The summed E-state index contributed by atoms with van der Waals surface area (Å²) in [5.41, 5.74) is 0.887. The number of rotatable bonds is 17. The Bertz CT molecular complexity index is 2740. The first-order valence-corrected chi connectivity index (χ1v) is 21.9. The van der Waals surface area contributed by atoms with E-state index in [1.807, 2.05) is 0 Å². The maximum Gasteiger partial charge on any atom is 0.307 e. The van der Waals surface area contributed by atoms with Gasteiger partial charge in [-0.2, -0.15) is 0 Å². The van der Waals surface area contributed by atoms with Crippen LogP contribution in [0.3, 0.4) is 0 Å². The Balaban J connectivity index is 1.32. The number of aliphatic hydroxyl groups excluding tert-OH is 2. The first-order valence-electron chi connectivity index (χ1n) is 21.9. The number of aromatic hydroxyl groups is 1. The van der Waals surface area contributed by atoms with Crippen LogP contribution in [0.4, 0.5) is 11.4 Å². The number of benzene rings is 5. The lowest BCUT2D eigenvalue weighted by Gasteiger charge is -2.27. The van der Waals surface area contributed by atoms with Gasteiger partial charge in [0.15, 0.2) is 16.9 Å². The molecule has 0 aromatic heterocycles. The zero-order valence-corrected chi connectivity index (χ0v) is 36.1. The van der Waals surface area contributed by atoms with Gasteiger partial charge in [0.05, 0.1) is 62.3 Å². The molecule has 3 aliphatic rings. The van der Waals surface area contributed by atoms with Crippen molar-refractivity contribution in [2.45, 2.75) is 58.7 Å². The van der Waals surface area contributed by atoms with E-state index in [0.717, 1.165) is 58.5 Å². The van der Waals surface area contributed by atoms with E-state index in [4.69, 9.17) is 9.47 Å². The fourth-order valence-corrected chi connectivity index (χ4v) is 10.2. The number of allylic oxidation sites excluding steroid dienone is 1. The van der Waals surface area contributed by atoms with Gasteiger partial charge < -0.3 is 51.4 Å². The zero-order valence-electron chi connectivity index (χ0n) is 36.1. The number of methoxy groups -OCH3 is 1. The highest BCUT2D eigenvalue weighted by Gasteiger charge is 2.37. The molecule has 16 nitrogen and oxygen atoms in total. The lowest BCUT2D eigenvalue weighted by molar-refractivity contribution is -0.143. The number of fused-ring (bicyclic) bond motifs is 1. The molecule has 1 unspecified atom stereocenters. The number of ether oxygens (including phenoxy) is 2. The number of piperidine rings is 1. The van der Waals surface area contributed by atoms with E-state index in [0.29, 0.717) is 74.9 Å². The number of hydrogen-bond donors (Lipinski definition) is 8. The molecule has 0 saturated carbocycles. The Labute approximate surface area is 363 Å². The molecular formula is C47H56N6O10. The van der Waals surface area contributed by atoms with Gasteiger partial charge in [-0.25, -0.2) is 0 Å². The lowest BCUT2D eigenvalue weighted by atomic mass is 9.79. The molecule has 2 heterocycles. The molecule has 8 N–H and O–H groups in total. The highest BCUT2D eigenvalue weighted by molar-refractivity contribution is 6.39. The van der Waals surface area contributed by atoms with Crippen molar-refractivity contribution < 1.29 is 39.2 Å². The fraction of sp³-hybridized carbons (Fsp3) is 0.468. The molecule has 2 saturated heterocycles. The summed E-state index contributed by atoms with van der Waals surface area (Å²) in [6, 6.07) is 2.84. The highest BCUT2D eigenvalue weighted by Crippen LogP contribution is 2.56. The molecule has 2 aliphatic heterocycles. The van der Waals surface area contributed by atoms with Crippen LogP contribution in [0, 0.1) is 5.92 Å². The van der Waals surface area contributed by atoms with E-state index in [1.165, 1.54) is 20.1 Å². The number of phenolic OH excluding ortho intramolecular Hbond substituents is 1. The van der Waals surface area contributed by atoms with Crippen LogP contribution >= 0.6 is 0 Å². The topological polar surface area (TPSA) is 228 Å². The summed E-state index contributed by atoms with van der Waals surface area (Å²) in [5.74, 6) is -2.14. The molecule has 63 heavy (non-hydrogen) atoms. The number of Topliss-reactive ketones (excluding diaryl/α,β-unsaturated/α-hetero) is 1. The SMILES string of the molecule is COc1c(O)c2c(=O)cc(CO)c3c4c(CO)cc(NCCC(=O)OCCC5CCNCC5)c5c(=O)c(NCC(=O)NCCN6CCNCC6)c6c(c(c1C(C(C)=O)C(C)=C6)c23)c54. The predicted octanol–water partition coefficient (Wildman–Crippen LogP) is 2.85. The Morgan fingerprint density at radius 2 is 1.54 bits per heavy atom. The fourth-order valence-electron chi connectivity index (χ4n) is 10.2. The minimum atomic E-state index is -1.01. The van der Waals surface area contributed by atoms with Gasteiger partial charge in [-0.15, -0.1) is 0 Å². The Morgan fingerprint density at radius 3 is 2.22 bits per heavy atom. The molecule has 0 bridgehead atoms. The Kier molecular flexibility index (Phi) is 13.0. The van der Waals surface area contributed by atoms with Crippen LogP contribution < -0.4 is 42.2 Å². The van der Waals surface area contributed by atoms with Gasteiger partial charge in [0.2, 0.25) is 11.3 Å². The molecule has 5 aromatic rings. The number of amides is 1. The van der Waals surface area contributed by atoms with Gasteiger partial charge in [-0.1, -0.05) is 11.6 Å². The van der Waals surface area contributed by atoms with Crippen LogP contribution in [0.5, 0.6) is 11.5 Å². The molecule has 5 aromatic carbocycles. The lowest BCUT2D eigenvalue weighted by Crippen LogP contribution is -2.46. The summed E-state index contributed by atoms with van der Waals surface area (Å²) >= 11 is 0. The summed E-state index contributed by atoms with van der Waals surface area (Å²) in [6.07, 6.45) is 4.55. The Hall–Kier alpha value is -5.65. The maximum atomic E-state index is 15.3. The first kappa shape index (κ1) is 44.0. The van der Waals surface area contributed by atoms with Gasteiger partial charge in [0, 0.05) is 78.8 Å². The second-order valence-corrected chi connectivity index (χ2v) is 17.0. The number of anilines is 2. The van der Waals surface area contributed by atoms with Crippen molar-refractivity contribution >= 4 is 78.2 Å². The molecule has 0 radical (unpaired) electrons. The molecule has 1 aliphatic carbocycles. The molecule has 2 fully saturated rings. The monoisotopic (exact) mass is 864 g/mol. The molecular weight excluding hydrogens is 809 g/mol. The summed E-state index contributed by atoms with van der Waals surface area (Å²) in [6.45, 7) is 8.56. The quantitative estimate of drug-likeness (QED) is 0.0382. The van der Waals surface area contributed by atoms with Crippen LogP contribution in [0.15, 0.2) is 27.3 Å². The largest absolute Gasteiger partial charge is 0.504 e. The number of esters is 1. The third-order valence-corrected chi connectivity index (χ3v) is 13.1. The van der Waals surface area contributed by atoms with E-state index in [-0.39, 0.29) is 69.9 Å². The number of carbonyl (C=O) groups is 3. The number of nitrogens with zero attached hydrogens (tertiary/aromatic N) is 1. The van der Waals surface area contributed by atoms with Crippen molar-refractivity contribution in [2.75, 3.05) is 89.8 Å². The summed E-state index contributed by atoms with van der Waals surface area (Å²) in [7, 11) is 1.34. The smallest absolute Gasteiger partial charge is 0.307 e. The normalized spacial score (nSPS) is 17.1. The second kappa shape index (κ2) is 18.6. The summed E-state index contributed by atoms with van der Waals surface area (Å²) < 4.78 is 11.5. The minimum Gasteiger partial charge on any atom is -0.504 e. The third kappa shape index (κ3) is 8.10. The van der Waals surface area contributed by atoms with Crippen molar-refractivity contribution in [3.8, 4) is 11.5 Å². The highest BCUT2D eigenvalue weighted by atomic mass is 16.5. The van der Waals surface area contributed by atoms with Gasteiger partial charge in [-0.3, -0.25) is 28.9 Å². The van der Waals surface area contributed by atoms with Gasteiger partial charge >= 0.3 is 5.97 Å².